The summed E-state index contributed by atoms with van der Waals surface area (Å²) in [6.45, 7) is 5.18. The van der Waals surface area contributed by atoms with Gasteiger partial charge in [0.15, 0.2) is 5.82 Å². The zero-order valence-corrected chi connectivity index (χ0v) is 13.7. The minimum atomic E-state index is -0.339. The molecule has 0 saturated heterocycles. The van der Waals surface area contributed by atoms with Crippen molar-refractivity contribution in [3.63, 3.8) is 0 Å². The minimum Gasteiger partial charge on any atom is -0.389 e. The molecule has 0 bridgehead atoms. The Hall–Kier alpha value is -0.680. The third-order valence-electron chi connectivity index (χ3n) is 2.87. The van der Waals surface area contributed by atoms with Crippen molar-refractivity contribution in [2.24, 2.45) is 11.7 Å². The molecule has 1 aromatic rings. The molecule has 19 heavy (non-hydrogen) atoms. The van der Waals surface area contributed by atoms with Crippen molar-refractivity contribution in [2.75, 3.05) is 11.9 Å². The lowest BCUT2D eigenvalue weighted by atomic mass is 10.1. The van der Waals surface area contributed by atoms with Gasteiger partial charge in [-0.05, 0) is 40.4 Å². The maximum absolute atomic E-state index is 14.0. The number of hydrogen-bond donors (Lipinski definition) is 2. The molecule has 0 spiro atoms. The van der Waals surface area contributed by atoms with Crippen LogP contribution in [-0.2, 0) is 0 Å². The van der Waals surface area contributed by atoms with Gasteiger partial charge in [0.25, 0.3) is 0 Å². The SMILES string of the molecule is CC(C)CCCCNc1ccc(C(N)=S)c(Br)c1F. The first-order valence-corrected chi connectivity index (χ1v) is 7.65. The van der Waals surface area contributed by atoms with Crippen LogP contribution in [0.2, 0.25) is 0 Å². The van der Waals surface area contributed by atoms with Gasteiger partial charge >= 0.3 is 0 Å². The molecule has 3 N–H and O–H groups in total. The Balaban J connectivity index is 2.56. The molecule has 1 aromatic carbocycles. The van der Waals surface area contributed by atoms with Gasteiger partial charge in [-0.2, -0.15) is 0 Å². The standard InChI is InChI=1S/C14H20BrFN2S/c1-9(2)5-3-4-8-18-11-7-6-10(14(17)19)12(15)13(11)16/h6-7,9,18H,3-5,8H2,1-2H3,(H2,17,19). The number of nitrogens with two attached hydrogens (primary N) is 1. The van der Waals surface area contributed by atoms with Gasteiger partial charge in [-0.25, -0.2) is 4.39 Å². The van der Waals surface area contributed by atoms with E-state index in [2.05, 4.69) is 35.1 Å². The van der Waals surface area contributed by atoms with Crippen molar-refractivity contribution in [3.8, 4) is 0 Å². The molecule has 5 heteroatoms. The summed E-state index contributed by atoms with van der Waals surface area (Å²) in [5.74, 6) is 0.380. The summed E-state index contributed by atoms with van der Waals surface area (Å²) in [4.78, 5) is 0.189. The largest absolute Gasteiger partial charge is 0.389 e. The number of nitrogens with one attached hydrogen (secondary N) is 1. The van der Waals surface area contributed by atoms with Crippen LogP contribution in [0.3, 0.4) is 0 Å². The molecule has 0 aliphatic heterocycles. The van der Waals surface area contributed by atoms with Crippen molar-refractivity contribution in [1.82, 2.24) is 0 Å². The molecule has 106 valence electrons. The summed E-state index contributed by atoms with van der Waals surface area (Å²) < 4.78 is 14.4. The van der Waals surface area contributed by atoms with Crippen LogP contribution in [0.5, 0.6) is 0 Å². The van der Waals surface area contributed by atoms with Crippen LogP contribution in [-0.4, -0.2) is 11.5 Å². The molecular formula is C14H20BrFN2S. The fraction of sp³-hybridized carbons (Fsp3) is 0.500. The normalized spacial score (nSPS) is 10.8. The van der Waals surface area contributed by atoms with Crippen molar-refractivity contribution in [3.05, 3.63) is 28.0 Å². The van der Waals surface area contributed by atoms with E-state index in [1.807, 2.05) is 0 Å². The monoisotopic (exact) mass is 346 g/mol. The Morgan fingerprint density at radius 1 is 1.42 bits per heavy atom. The fourth-order valence-corrected chi connectivity index (χ4v) is 2.64. The quantitative estimate of drug-likeness (QED) is 0.565. The van der Waals surface area contributed by atoms with Crippen LogP contribution in [0.1, 0.15) is 38.7 Å². The lowest BCUT2D eigenvalue weighted by molar-refractivity contribution is 0.544. The summed E-state index contributed by atoms with van der Waals surface area (Å²) in [5.41, 5.74) is 6.52. The third kappa shape index (κ3) is 5.07. The van der Waals surface area contributed by atoms with Crippen LogP contribution >= 0.6 is 28.1 Å². The minimum absolute atomic E-state index is 0.189. The number of halogens is 2. The van der Waals surface area contributed by atoms with E-state index in [-0.39, 0.29) is 10.8 Å². The predicted octanol–water partition coefficient (Wildman–Crippen LogP) is 4.46. The van der Waals surface area contributed by atoms with Gasteiger partial charge in [0.2, 0.25) is 0 Å². The molecule has 0 unspecified atom stereocenters. The smallest absolute Gasteiger partial charge is 0.161 e. The van der Waals surface area contributed by atoms with Crippen LogP contribution in [0.25, 0.3) is 0 Å². The van der Waals surface area contributed by atoms with Gasteiger partial charge in [0.1, 0.15) is 4.99 Å². The van der Waals surface area contributed by atoms with E-state index in [0.29, 0.717) is 15.7 Å². The van der Waals surface area contributed by atoms with E-state index in [0.717, 1.165) is 25.3 Å². The first-order valence-electron chi connectivity index (χ1n) is 6.45. The average Bonchev–Trinajstić information content (AvgIpc) is 2.33. The van der Waals surface area contributed by atoms with Crippen molar-refractivity contribution in [2.45, 2.75) is 33.1 Å². The molecule has 0 saturated carbocycles. The number of thiocarbonyl (C=S) groups is 1. The fourth-order valence-electron chi connectivity index (χ4n) is 1.78. The average molecular weight is 347 g/mol. The predicted molar refractivity (Wildman–Crippen MR) is 87.2 cm³/mol. The molecule has 2 nitrogen and oxygen atoms in total. The Kier molecular flexibility index (Phi) is 6.72. The first-order chi connectivity index (χ1) is 8.93. The zero-order chi connectivity index (χ0) is 14.4. The zero-order valence-electron chi connectivity index (χ0n) is 11.3. The number of unbranched alkanes of at least 4 members (excludes halogenated alkanes) is 1. The summed E-state index contributed by atoms with van der Waals surface area (Å²) >= 11 is 8.05. The number of benzene rings is 1. The molecule has 1 rings (SSSR count). The van der Waals surface area contributed by atoms with E-state index in [9.17, 15) is 4.39 Å². The van der Waals surface area contributed by atoms with Crippen LogP contribution in [0.15, 0.2) is 16.6 Å². The van der Waals surface area contributed by atoms with Gasteiger partial charge in [0, 0.05) is 12.1 Å². The van der Waals surface area contributed by atoms with Crippen molar-refractivity contribution >= 4 is 38.8 Å². The molecular weight excluding hydrogens is 327 g/mol. The number of hydrogen-bond acceptors (Lipinski definition) is 2. The first kappa shape index (κ1) is 16.4. The molecule has 0 aliphatic carbocycles. The summed E-state index contributed by atoms with van der Waals surface area (Å²) in [6, 6.07) is 3.41. The lowest BCUT2D eigenvalue weighted by Crippen LogP contribution is -2.12. The van der Waals surface area contributed by atoms with Gasteiger partial charge in [-0.1, -0.05) is 38.9 Å². The molecule has 0 radical (unpaired) electrons. The molecule has 0 atom stereocenters. The molecule has 0 heterocycles. The summed E-state index contributed by atoms with van der Waals surface area (Å²) in [5, 5.41) is 3.10. The molecule has 0 aliphatic rings. The third-order valence-corrected chi connectivity index (χ3v) is 3.87. The summed E-state index contributed by atoms with van der Waals surface area (Å²) in [6.07, 6.45) is 3.39. The second-order valence-electron chi connectivity index (χ2n) is 4.97. The van der Waals surface area contributed by atoms with E-state index in [4.69, 9.17) is 18.0 Å². The van der Waals surface area contributed by atoms with Crippen molar-refractivity contribution < 1.29 is 4.39 Å². The van der Waals surface area contributed by atoms with Gasteiger partial charge in [-0.15, -0.1) is 0 Å². The van der Waals surface area contributed by atoms with E-state index in [1.165, 1.54) is 6.42 Å². The van der Waals surface area contributed by atoms with Gasteiger partial charge in [-0.3, -0.25) is 0 Å². The highest BCUT2D eigenvalue weighted by molar-refractivity contribution is 9.10. The van der Waals surface area contributed by atoms with Crippen LogP contribution < -0.4 is 11.1 Å². The highest BCUT2D eigenvalue weighted by Crippen LogP contribution is 2.27. The van der Waals surface area contributed by atoms with Gasteiger partial charge in [0.05, 0.1) is 10.2 Å². The van der Waals surface area contributed by atoms with Crippen molar-refractivity contribution in [1.29, 1.82) is 0 Å². The number of rotatable bonds is 7. The number of anilines is 1. The Morgan fingerprint density at radius 3 is 2.68 bits per heavy atom. The van der Waals surface area contributed by atoms with E-state index >= 15 is 0 Å². The Labute approximate surface area is 128 Å². The maximum Gasteiger partial charge on any atom is 0.161 e. The van der Waals surface area contributed by atoms with Gasteiger partial charge < -0.3 is 11.1 Å². The molecule has 0 aromatic heterocycles. The lowest BCUT2D eigenvalue weighted by Gasteiger charge is -2.11. The van der Waals surface area contributed by atoms with Crippen LogP contribution in [0, 0.1) is 11.7 Å². The second-order valence-corrected chi connectivity index (χ2v) is 6.20. The molecule has 0 fully saturated rings. The van der Waals surface area contributed by atoms with E-state index in [1.54, 1.807) is 12.1 Å². The second kappa shape index (κ2) is 7.80. The maximum atomic E-state index is 14.0. The summed E-state index contributed by atoms with van der Waals surface area (Å²) in [7, 11) is 0. The van der Waals surface area contributed by atoms with E-state index < -0.39 is 0 Å². The highest BCUT2D eigenvalue weighted by atomic mass is 79.9. The Morgan fingerprint density at radius 2 is 2.11 bits per heavy atom. The van der Waals surface area contributed by atoms with Crippen LogP contribution in [0.4, 0.5) is 10.1 Å². The molecule has 0 amide bonds. The Bertz CT molecular complexity index is 449. The highest BCUT2D eigenvalue weighted by Gasteiger charge is 2.12. The topological polar surface area (TPSA) is 38.0 Å².